The van der Waals surface area contributed by atoms with E-state index in [0.717, 1.165) is 31.4 Å². The van der Waals surface area contributed by atoms with E-state index in [0.29, 0.717) is 28.2 Å². The molecule has 0 aliphatic carbocycles. The fraction of sp³-hybridized carbons (Fsp3) is 0.300. The van der Waals surface area contributed by atoms with Crippen molar-refractivity contribution in [2.75, 3.05) is 25.0 Å². The highest BCUT2D eigenvalue weighted by atomic mass is 35.5. The number of fused-ring (bicyclic) bond motifs is 1. The SMILES string of the molecule is O=C(CN1CCC(c2nc3ccccc3s2)CC1)Nc1ccc(Cl)cc1Cl. The molecule has 1 amide bonds. The predicted octanol–water partition coefficient (Wildman–Crippen LogP) is 5.42. The molecular weight excluding hydrogens is 401 g/mol. The third-order valence-electron chi connectivity index (χ3n) is 4.82. The van der Waals surface area contributed by atoms with Crippen molar-refractivity contribution in [3.05, 3.63) is 57.5 Å². The Morgan fingerprint density at radius 1 is 1.19 bits per heavy atom. The van der Waals surface area contributed by atoms with Crippen molar-refractivity contribution in [2.45, 2.75) is 18.8 Å². The minimum absolute atomic E-state index is 0.0577. The van der Waals surface area contributed by atoms with E-state index in [-0.39, 0.29) is 5.91 Å². The molecule has 1 aromatic heterocycles. The van der Waals surface area contributed by atoms with E-state index in [4.69, 9.17) is 28.2 Å². The molecule has 1 saturated heterocycles. The summed E-state index contributed by atoms with van der Waals surface area (Å²) in [6.07, 6.45) is 2.05. The molecule has 1 aliphatic heterocycles. The number of anilines is 1. The fourth-order valence-electron chi connectivity index (χ4n) is 3.39. The third-order valence-corrected chi connectivity index (χ3v) is 6.57. The molecule has 140 valence electrons. The number of benzene rings is 2. The number of para-hydroxylation sites is 1. The summed E-state index contributed by atoms with van der Waals surface area (Å²) in [7, 11) is 0. The number of amides is 1. The minimum atomic E-state index is -0.0577. The number of likely N-dealkylation sites (tertiary alicyclic amines) is 1. The molecule has 4 rings (SSSR count). The van der Waals surface area contributed by atoms with E-state index in [9.17, 15) is 4.79 Å². The van der Waals surface area contributed by atoms with Gasteiger partial charge in [0.05, 0.1) is 32.5 Å². The van der Waals surface area contributed by atoms with E-state index >= 15 is 0 Å². The number of carbonyl (C=O) groups excluding carboxylic acids is 1. The average molecular weight is 420 g/mol. The number of hydrogen-bond acceptors (Lipinski definition) is 4. The van der Waals surface area contributed by atoms with Crippen molar-refractivity contribution in [3.63, 3.8) is 0 Å². The van der Waals surface area contributed by atoms with Gasteiger partial charge in [-0.15, -0.1) is 11.3 Å². The lowest BCUT2D eigenvalue weighted by molar-refractivity contribution is -0.117. The van der Waals surface area contributed by atoms with Crippen LogP contribution in [0.15, 0.2) is 42.5 Å². The second-order valence-corrected chi connectivity index (χ2v) is 8.65. The molecule has 2 aromatic carbocycles. The van der Waals surface area contributed by atoms with Gasteiger partial charge in [0.2, 0.25) is 5.91 Å². The molecule has 1 aliphatic rings. The van der Waals surface area contributed by atoms with Crippen LogP contribution in [0.3, 0.4) is 0 Å². The highest BCUT2D eigenvalue weighted by Gasteiger charge is 2.24. The lowest BCUT2D eigenvalue weighted by Crippen LogP contribution is -2.38. The highest BCUT2D eigenvalue weighted by Crippen LogP contribution is 2.33. The summed E-state index contributed by atoms with van der Waals surface area (Å²) in [4.78, 5) is 19.3. The van der Waals surface area contributed by atoms with Crippen LogP contribution in [0.25, 0.3) is 10.2 Å². The van der Waals surface area contributed by atoms with Crippen LogP contribution in [0.5, 0.6) is 0 Å². The average Bonchev–Trinajstić information content (AvgIpc) is 3.09. The van der Waals surface area contributed by atoms with Crippen LogP contribution in [0, 0.1) is 0 Å². The molecular formula is C20H19Cl2N3OS. The number of nitrogens with one attached hydrogen (secondary N) is 1. The van der Waals surface area contributed by atoms with E-state index in [1.54, 1.807) is 29.5 Å². The van der Waals surface area contributed by atoms with Crippen molar-refractivity contribution in [1.82, 2.24) is 9.88 Å². The smallest absolute Gasteiger partial charge is 0.238 e. The van der Waals surface area contributed by atoms with Gasteiger partial charge < -0.3 is 5.32 Å². The standard InChI is InChI=1S/C20H19Cl2N3OS/c21-14-5-6-16(15(22)11-14)23-19(26)12-25-9-7-13(8-10-25)20-24-17-3-1-2-4-18(17)27-20/h1-6,11,13H,7-10,12H2,(H,23,26). The fourth-order valence-corrected chi connectivity index (χ4v) is 4.98. The summed E-state index contributed by atoms with van der Waals surface area (Å²) in [6, 6.07) is 13.3. The maximum absolute atomic E-state index is 12.3. The lowest BCUT2D eigenvalue weighted by atomic mass is 9.97. The van der Waals surface area contributed by atoms with Gasteiger partial charge in [-0.25, -0.2) is 4.98 Å². The Bertz CT molecular complexity index is 934. The van der Waals surface area contributed by atoms with Crippen LogP contribution >= 0.6 is 34.5 Å². The van der Waals surface area contributed by atoms with Gasteiger partial charge in [-0.2, -0.15) is 0 Å². The first-order valence-corrected chi connectivity index (χ1v) is 10.5. The number of nitrogens with zero attached hydrogens (tertiary/aromatic N) is 2. The van der Waals surface area contributed by atoms with Gasteiger partial charge in [-0.1, -0.05) is 35.3 Å². The number of thiazole rings is 1. The predicted molar refractivity (Wildman–Crippen MR) is 113 cm³/mol. The largest absolute Gasteiger partial charge is 0.324 e. The first-order valence-electron chi connectivity index (χ1n) is 8.91. The molecule has 1 fully saturated rings. The Hall–Kier alpha value is -1.66. The molecule has 27 heavy (non-hydrogen) atoms. The summed E-state index contributed by atoms with van der Waals surface area (Å²) in [6.45, 7) is 2.15. The molecule has 0 saturated carbocycles. The van der Waals surface area contributed by atoms with Gasteiger partial charge in [0.1, 0.15) is 0 Å². The van der Waals surface area contributed by atoms with Crippen LogP contribution in [0.1, 0.15) is 23.8 Å². The summed E-state index contributed by atoms with van der Waals surface area (Å²) >= 11 is 13.8. The number of piperidine rings is 1. The van der Waals surface area contributed by atoms with Crippen molar-refractivity contribution in [2.24, 2.45) is 0 Å². The van der Waals surface area contributed by atoms with Gasteiger partial charge in [0, 0.05) is 10.9 Å². The monoisotopic (exact) mass is 419 g/mol. The first-order chi connectivity index (χ1) is 13.1. The molecule has 0 atom stereocenters. The quantitative estimate of drug-likeness (QED) is 0.613. The van der Waals surface area contributed by atoms with Crippen LogP contribution < -0.4 is 5.32 Å². The molecule has 0 unspecified atom stereocenters. The van der Waals surface area contributed by atoms with Crippen LogP contribution in [-0.4, -0.2) is 35.4 Å². The van der Waals surface area contributed by atoms with Gasteiger partial charge in [0.25, 0.3) is 0 Å². The van der Waals surface area contributed by atoms with Crippen molar-refractivity contribution >= 4 is 56.3 Å². The minimum Gasteiger partial charge on any atom is -0.324 e. The molecule has 0 radical (unpaired) electrons. The molecule has 3 aromatic rings. The second-order valence-electron chi connectivity index (χ2n) is 6.74. The number of halogens is 2. The van der Waals surface area contributed by atoms with Crippen LogP contribution in [-0.2, 0) is 4.79 Å². The summed E-state index contributed by atoms with van der Waals surface area (Å²) in [5.41, 5.74) is 1.68. The Balaban J connectivity index is 1.31. The number of carbonyl (C=O) groups is 1. The van der Waals surface area contributed by atoms with Gasteiger partial charge in [-0.3, -0.25) is 9.69 Å². The maximum Gasteiger partial charge on any atom is 0.238 e. The molecule has 4 nitrogen and oxygen atoms in total. The first kappa shape index (κ1) is 18.7. The zero-order chi connectivity index (χ0) is 18.8. The normalized spacial score (nSPS) is 15.9. The molecule has 0 bridgehead atoms. The highest BCUT2D eigenvalue weighted by molar-refractivity contribution is 7.18. The summed E-state index contributed by atoms with van der Waals surface area (Å²) in [5, 5.41) is 5.08. The van der Waals surface area contributed by atoms with Crippen molar-refractivity contribution in [3.8, 4) is 0 Å². The second kappa shape index (κ2) is 8.15. The molecule has 1 N–H and O–H groups in total. The Morgan fingerprint density at radius 3 is 2.70 bits per heavy atom. The number of rotatable bonds is 4. The topological polar surface area (TPSA) is 45.2 Å². The Morgan fingerprint density at radius 2 is 1.96 bits per heavy atom. The van der Waals surface area contributed by atoms with Crippen molar-refractivity contribution < 1.29 is 4.79 Å². The molecule has 0 spiro atoms. The third kappa shape index (κ3) is 4.43. The Labute approximate surface area is 172 Å². The van der Waals surface area contributed by atoms with E-state index in [1.807, 2.05) is 6.07 Å². The zero-order valence-corrected chi connectivity index (χ0v) is 16.9. The maximum atomic E-state index is 12.3. The number of aromatic nitrogens is 1. The van der Waals surface area contributed by atoms with Crippen LogP contribution in [0.2, 0.25) is 10.0 Å². The van der Waals surface area contributed by atoms with E-state index < -0.39 is 0 Å². The van der Waals surface area contributed by atoms with E-state index in [2.05, 4.69) is 28.4 Å². The molecule has 7 heteroatoms. The number of hydrogen-bond donors (Lipinski definition) is 1. The van der Waals surface area contributed by atoms with E-state index in [1.165, 1.54) is 9.71 Å². The lowest BCUT2D eigenvalue weighted by Gasteiger charge is -2.30. The Kier molecular flexibility index (Phi) is 5.64. The summed E-state index contributed by atoms with van der Waals surface area (Å²) < 4.78 is 1.24. The van der Waals surface area contributed by atoms with Gasteiger partial charge in [-0.05, 0) is 56.3 Å². The summed E-state index contributed by atoms with van der Waals surface area (Å²) in [5.74, 6) is 0.421. The van der Waals surface area contributed by atoms with Crippen LogP contribution in [0.4, 0.5) is 5.69 Å². The molecule has 2 heterocycles. The zero-order valence-electron chi connectivity index (χ0n) is 14.6. The van der Waals surface area contributed by atoms with Gasteiger partial charge in [0.15, 0.2) is 0 Å². The van der Waals surface area contributed by atoms with Crippen molar-refractivity contribution in [1.29, 1.82) is 0 Å². The van der Waals surface area contributed by atoms with Gasteiger partial charge >= 0.3 is 0 Å².